The molecule has 0 aromatic heterocycles. The first-order chi connectivity index (χ1) is 14.3. The van der Waals surface area contributed by atoms with E-state index < -0.39 is 0 Å². The normalized spacial score (nSPS) is 25.0. The van der Waals surface area contributed by atoms with Crippen LogP contribution in [-0.2, 0) is 13.1 Å². The van der Waals surface area contributed by atoms with Crippen LogP contribution in [0.25, 0.3) is 0 Å². The molecule has 0 radical (unpaired) electrons. The molecule has 3 heteroatoms. The molecule has 2 saturated carbocycles. The Bertz CT molecular complexity index is 881. The molecule has 0 bridgehead atoms. The molecule has 4 atom stereocenters. The average Bonchev–Trinajstić information content (AvgIpc) is 3.67. The van der Waals surface area contributed by atoms with Gasteiger partial charge in [0.15, 0.2) is 0 Å². The van der Waals surface area contributed by atoms with Crippen molar-refractivity contribution < 1.29 is 0 Å². The van der Waals surface area contributed by atoms with Crippen LogP contribution in [0.4, 0.5) is 0 Å². The summed E-state index contributed by atoms with van der Waals surface area (Å²) in [7, 11) is 0. The Morgan fingerprint density at radius 1 is 0.655 bits per heavy atom. The SMILES string of the molecule is Brc1cc(CNC2CC2c2ccccc2)cc(CNC2CC2c2ccccc2)c1. The van der Waals surface area contributed by atoms with E-state index >= 15 is 0 Å². The van der Waals surface area contributed by atoms with Gasteiger partial charge in [0.25, 0.3) is 0 Å². The van der Waals surface area contributed by atoms with Gasteiger partial charge in [0.05, 0.1) is 0 Å². The van der Waals surface area contributed by atoms with Crippen LogP contribution in [0.15, 0.2) is 83.3 Å². The minimum Gasteiger partial charge on any atom is -0.309 e. The van der Waals surface area contributed by atoms with Crippen LogP contribution in [-0.4, -0.2) is 12.1 Å². The summed E-state index contributed by atoms with van der Waals surface area (Å²) in [5, 5.41) is 7.48. The quantitative estimate of drug-likeness (QED) is 0.460. The Labute approximate surface area is 181 Å². The van der Waals surface area contributed by atoms with Gasteiger partial charge in [0, 0.05) is 41.5 Å². The van der Waals surface area contributed by atoms with Gasteiger partial charge in [-0.15, -0.1) is 0 Å². The first-order valence-corrected chi connectivity index (χ1v) is 11.4. The lowest BCUT2D eigenvalue weighted by molar-refractivity contribution is 0.661. The molecule has 2 nitrogen and oxygen atoms in total. The summed E-state index contributed by atoms with van der Waals surface area (Å²) in [6.07, 6.45) is 2.49. The molecular weight excluding hydrogens is 420 g/mol. The lowest BCUT2D eigenvalue weighted by Crippen LogP contribution is -2.19. The molecule has 2 N–H and O–H groups in total. The van der Waals surface area contributed by atoms with Gasteiger partial charge in [0.1, 0.15) is 0 Å². The van der Waals surface area contributed by atoms with Crippen LogP contribution in [0.3, 0.4) is 0 Å². The largest absolute Gasteiger partial charge is 0.309 e. The molecule has 0 saturated heterocycles. The third-order valence-electron chi connectivity index (χ3n) is 6.19. The second-order valence-corrected chi connectivity index (χ2v) is 9.36. The van der Waals surface area contributed by atoms with Gasteiger partial charge < -0.3 is 10.6 Å². The van der Waals surface area contributed by atoms with E-state index in [0.717, 1.165) is 13.1 Å². The van der Waals surface area contributed by atoms with Crippen molar-refractivity contribution in [2.24, 2.45) is 0 Å². The third kappa shape index (κ3) is 4.80. The topological polar surface area (TPSA) is 24.1 Å². The van der Waals surface area contributed by atoms with E-state index in [0.29, 0.717) is 23.9 Å². The molecule has 2 aliphatic rings. The van der Waals surface area contributed by atoms with Gasteiger partial charge in [-0.3, -0.25) is 0 Å². The standard InChI is InChI=1S/C26H27BrN2/c27-22-12-18(16-28-25-14-23(25)20-7-3-1-4-8-20)11-19(13-22)17-29-26-15-24(26)21-9-5-2-6-10-21/h1-13,23-26,28-29H,14-17H2. The predicted molar refractivity (Wildman–Crippen MR) is 123 cm³/mol. The Kier molecular flexibility index (Phi) is 5.54. The molecule has 4 unspecified atom stereocenters. The number of rotatable bonds is 8. The van der Waals surface area contributed by atoms with Gasteiger partial charge in [-0.1, -0.05) is 82.7 Å². The zero-order valence-electron chi connectivity index (χ0n) is 16.5. The second-order valence-electron chi connectivity index (χ2n) is 8.45. The van der Waals surface area contributed by atoms with Crippen molar-refractivity contribution >= 4 is 15.9 Å². The zero-order chi connectivity index (χ0) is 19.6. The highest BCUT2D eigenvalue weighted by Gasteiger charge is 2.38. The van der Waals surface area contributed by atoms with E-state index in [9.17, 15) is 0 Å². The maximum absolute atomic E-state index is 3.74. The first-order valence-electron chi connectivity index (χ1n) is 10.6. The summed E-state index contributed by atoms with van der Waals surface area (Å²) in [5.74, 6) is 1.35. The van der Waals surface area contributed by atoms with Crippen LogP contribution in [0.5, 0.6) is 0 Å². The fourth-order valence-corrected chi connectivity index (χ4v) is 4.99. The molecule has 0 heterocycles. The highest BCUT2D eigenvalue weighted by atomic mass is 79.9. The molecule has 2 aliphatic carbocycles. The Hall–Kier alpha value is -1.94. The van der Waals surface area contributed by atoms with Crippen LogP contribution >= 0.6 is 15.9 Å². The predicted octanol–water partition coefficient (Wildman–Crippen LogP) is 5.74. The van der Waals surface area contributed by atoms with E-state index in [2.05, 4.69) is 105 Å². The summed E-state index contributed by atoms with van der Waals surface area (Å²) >= 11 is 3.70. The Balaban J connectivity index is 1.13. The molecule has 148 valence electrons. The van der Waals surface area contributed by atoms with Crippen molar-refractivity contribution in [1.29, 1.82) is 0 Å². The molecular formula is C26H27BrN2. The minimum atomic E-state index is 0.607. The highest BCUT2D eigenvalue weighted by Crippen LogP contribution is 2.41. The fourth-order valence-electron chi connectivity index (χ4n) is 4.40. The smallest absolute Gasteiger partial charge is 0.0208 e. The number of benzene rings is 3. The molecule has 2 fully saturated rings. The highest BCUT2D eigenvalue weighted by molar-refractivity contribution is 9.10. The van der Waals surface area contributed by atoms with E-state index in [4.69, 9.17) is 0 Å². The van der Waals surface area contributed by atoms with Crippen molar-refractivity contribution in [3.05, 3.63) is 106 Å². The number of halogens is 1. The van der Waals surface area contributed by atoms with E-state index in [1.165, 1.54) is 39.6 Å². The van der Waals surface area contributed by atoms with Crippen molar-refractivity contribution in [1.82, 2.24) is 10.6 Å². The van der Waals surface area contributed by atoms with Crippen molar-refractivity contribution in [2.45, 2.75) is 49.9 Å². The Morgan fingerprint density at radius 2 is 1.10 bits per heavy atom. The maximum atomic E-state index is 3.74. The Morgan fingerprint density at radius 3 is 1.55 bits per heavy atom. The van der Waals surface area contributed by atoms with Crippen LogP contribution in [0.2, 0.25) is 0 Å². The van der Waals surface area contributed by atoms with Crippen LogP contribution in [0.1, 0.15) is 46.9 Å². The summed E-state index contributed by atoms with van der Waals surface area (Å²) in [5.41, 5.74) is 5.62. The lowest BCUT2D eigenvalue weighted by atomic mass is 10.1. The molecule has 0 aliphatic heterocycles. The van der Waals surface area contributed by atoms with Crippen LogP contribution in [0, 0.1) is 0 Å². The van der Waals surface area contributed by atoms with Gasteiger partial charge >= 0.3 is 0 Å². The first kappa shape index (κ1) is 19.0. The fraction of sp³-hybridized carbons (Fsp3) is 0.308. The monoisotopic (exact) mass is 446 g/mol. The van der Waals surface area contributed by atoms with Gasteiger partial charge in [-0.25, -0.2) is 0 Å². The molecule has 3 aromatic carbocycles. The number of hydrogen-bond acceptors (Lipinski definition) is 2. The van der Waals surface area contributed by atoms with E-state index in [1.807, 2.05) is 0 Å². The molecule has 29 heavy (non-hydrogen) atoms. The van der Waals surface area contributed by atoms with E-state index in [-0.39, 0.29) is 0 Å². The summed E-state index contributed by atoms with van der Waals surface area (Å²) < 4.78 is 1.17. The number of hydrogen-bond donors (Lipinski definition) is 2. The summed E-state index contributed by atoms with van der Waals surface area (Å²) in [6, 6.07) is 29.8. The average molecular weight is 447 g/mol. The van der Waals surface area contributed by atoms with Gasteiger partial charge in [-0.2, -0.15) is 0 Å². The zero-order valence-corrected chi connectivity index (χ0v) is 18.1. The molecule has 3 aromatic rings. The minimum absolute atomic E-state index is 0.607. The van der Waals surface area contributed by atoms with Crippen molar-refractivity contribution in [2.75, 3.05) is 0 Å². The number of nitrogens with one attached hydrogen (secondary N) is 2. The summed E-state index contributed by atoms with van der Waals surface area (Å²) in [4.78, 5) is 0. The lowest BCUT2D eigenvalue weighted by Gasteiger charge is -2.10. The molecule has 0 spiro atoms. The third-order valence-corrected chi connectivity index (χ3v) is 6.65. The summed E-state index contributed by atoms with van der Waals surface area (Å²) in [6.45, 7) is 1.85. The van der Waals surface area contributed by atoms with E-state index in [1.54, 1.807) is 0 Å². The van der Waals surface area contributed by atoms with Gasteiger partial charge in [0.2, 0.25) is 0 Å². The van der Waals surface area contributed by atoms with Crippen molar-refractivity contribution in [3.8, 4) is 0 Å². The molecule has 5 rings (SSSR count). The second kappa shape index (κ2) is 8.43. The van der Waals surface area contributed by atoms with Crippen molar-refractivity contribution in [3.63, 3.8) is 0 Å². The van der Waals surface area contributed by atoms with Crippen LogP contribution < -0.4 is 10.6 Å². The maximum Gasteiger partial charge on any atom is 0.0208 e. The molecule has 0 amide bonds. The van der Waals surface area contributed by atoms with Gasteiger partial charge in [-0.05, 0) is 47.2 Å².